The van der Waals surface area contributed by atoms with E-state index in [1.807, 2.05) is 6.07 Å². The van der Waals surface area contributed by atoms with Crippen LogP contribution in [0.25, 0.3) is 0 Å². The van der Waals surface area contributed by atoms with Crippen molar-refractivity contribution in [1.82, 2.24) is 5.31 Å². The minimum atomic E-state index is -0.176. The molecule has 3 heteroatoms. The lowest BCUT2D eigenvalue weighted by molar-refractivity contribution is 0.128. The van der Waals surface area contributed by atoms with Gasteiger partial charge in [-0.25, -0.2) is 4.39 Å². The van der Waals surface area contributed by atoms with Crippen LogP contribution in [0.5, 0.6) is 0 Å². The van der Waals surface area contributed by atoms with Gasteiger partial charge in [0.1, 0.15) is 7.23 Å². The Labute approximate surface area is 116 Å². The van der Waals surface area contributed by atoms with Crippen molar-refractivity contribution in [3.05, 3.63) is 30.1 Å². The normalized spacial score (nSPS) is 25.2. The van der Waals surface area contributed by atoms with Crippen molar-refractivity contribution in [3.63, 3.8) is 0 Å². The lowest BCUT2D eigenvalue weighted by Crippen LogP contribution is -2.41. The van der Waals surface area contributed by atoms with E-state index in [1.165, 1.54) is 31.7 Å². The highest BCUT2D eigenvalue weighted by atomic mass is 19.1. The van der Waals surface area contributed by atoms with Gasteiger partial charge in [0.2, 0.25) is 0 Å². The Morgan fingerprint density at radius 2 is 1.95 bits per heavy atom. The first-order valence-corrected chi connectivity index (χ1v) is 7.41. The monoisotopic (exact) mass is 263 g/mol. The van der Waals surface area contributed by atoms with Gasteiger partial charge in [0.15, 0.2) is 0 Å². The van der Waals surface area contributed by atoms with Crippen molar-refractivity contribution in [2.75, 3.05) is 18.4 Å². The first kappa shape index (κ1) is 11.7. The Hall–Kier alpha value is -1.09. The summed E-state index contributed by atoms with van der Waals surface area (Å²) in [4.78, 5) is 0. The summed E-state index contributed by atoms with van der Waals surface area (Å²) in [7, 11) is 0. The molecular weight excluding hydrogens is 239 g/mol. The Bertz CT molecular complexity index is 448. The maximum absolute atomic E-state index is 13.2. The van der Waals surface area contributed by atoms with E-state index in [4.69, 9.17) is 1.41 Å². The molecule has 2 N–H and O–H groups in total. The average Bonchev–Trinajstić information content (AvgIpc) is 2.45. The molecule has 0 bridgehead atoms. The second kappa shape index (κ2) is 5.49. The van der Waals surface area contributed by atoms with Gasteiger partial charge in [-0.1, -0.05) is 6.07 Å². The molecule has 1 aromatic rings. The number of anilines is 1. The lowest BCUT2D eigenvalue weighted by atomic mass is 9.67. The van der Waals surface area contributed by atoms with Crippen LogP contribution in [0.2, 0.25) is 1.41 Å². The molecule has 2 nitrogen and oxygen atoms in total. The van der Waals surface area contributed by atoms with Gasteiger partial charge in [0, 0.05) is 11.7 Å². The van der Waals surface area contributed by atoms with Gasteiger partial charge >= 0.3 is 0 Å². The molecule has 1 spiro atoms. The average molecular weight is 263 g/mol. The van der Waals surface area contributed by atoms with Crippen molar-refractivity contribution in [2.24, 2.45) is 5.41 Å². The van der Waals surface area contributed by atoms with Crippen LogP contribution in [0.15, 0.2) is 24.3 Å². The molecule has 1 saturated heterocycles. The SMILES string of the molecule is [2H]N1CCC2(CCC(Nc3cccc(F)c3)CC2)CC1. The number of halogens is 1. The predicted octanol–water partition coefficient (Wildman–Crippen LogP) is 3.55. The van der Waals surface area contributed by atoms with Crippen molar-refractivity contribution < 1.29 is 5.80 Å². The van der Waals surface area contributed by atoms with E-state index in [-0.39, 0.29) is 5.82 Å². The molecule has 1 aliphatic heterocycles. The van der Waals surface area contributed by atoms with E-state index in [0.717, 1.165) is 31.6 Å². The van der Waals surface area contributed by atoms with Crippen LogP contribution in [0.1, 0.15) is 38.5 Å². The molecular formula is C16H23FN2. The van der Waals surface area contributed by atoms with Gasteiger partial charge < -0.3 is 10.6 Å². The number of rotatable bonds is 2. The third kappa shape index (κ3) is 3.08. The molecule has 0 radical (unpaired) electrons. The molecule has 104 valence electrons. The van der Waals surface area contributed by atoms with E-state index >= 15 is 0 Å². The molecule has 1 aromatic carbocycles. The van der Waals surface area contributed by atoms with Crippen LogP contribution in [-0.2, 0) is 0 Å². The van der Waals surface area contributed by atoms with Gasteiger partial charge in [0.25, 0.3) is 0 Å². The highest BCUT2D eigenvalue weighted by molar-refractivity contribution is 5.44. The summed E-state index contributed by atoms with van der Waals surface area (Å²) in [5, 5.41) is 5.16. The van der Waals surface area contributed by atoms with Crippen molar-refractivity contribution in [2.45, 2.75) is 44.6 Å². The fourth-order valence-corrected chi connectivity index (χ4v) is 3.56. The number of hydrogen-bond acceptors (Lipinski definition) is 2. The molecule has 1 saturated carbocycles. The smallest absolute Gasteiger partial charge is 0.125 e. The number of nitrogens with one attached hydrogen (secondary N) is 2. The van der Waals surface area contributed by atoms with Crippen LogP contribution < -0.4 is 10.6 Å². The van der Waals surface area contributed by atoms with Crippen molar-refractivity contribution >= 4 is 5.69 Å². The summed E-state index contributed by atoms with van der Waals surface area (Å²) >= 11 is 0. The maximum Gasteiger partial charge on any atom is 0.125 e. The largest absolute Gasteiger partial charge is 0.382 e. The molecule has 19 heavy (non-hydrogen) atoms. The molecule has 0 amide bonds. The molecule has 0 atom stereocenters. The van der Waals surface area contributed by atoms with Crippen molar-refractivity contribution in [3.8, 4) is 0 Å². The number of benzene rings is 1. The highest BCUT2D eigenvalue weighted by Crippen LogP contribution is 2.43. The zero-order chi connectivity index (χ0) is 14.0. The molecule has 0 aromatic heterocycles. The summed E-state index contributed by atoms with van der Waals surface area (Å²) in [5.41, 5.74) is 1.38. The van der Waals surface area contributed by atoms with E-state index in [9.17, 15) is 4.39 Å². The fourth-order valence-electron chi connectivity index (χ4n) is 3.56. The Morgan fingerprint density at radius 3 is 2.63 bits per heavy atom. The standard InChI is InChI=1S/C16H23FN2/c17-13-2-1-3-15(12-13)19-14-4-6-16(7-5-14)8-10-18-11-9-16/h1-3,12,14,18-19H,4-11H2/i/hD. The van der Waals surface area contributed by atoms with E-state index < -0.39 is 0 Å². The van der Waals surface area contributed by atoms with Crippen molar-refractivity contribution in [1.29, 1.82) is 0 Å². The second-order valence-electron chi connectivity index (χ2n) is 6.10. The Balaban J connectivity index is 1.54. The predicted molar refractivity (Wildman–Crippen MR) is 76.8 cm³/mol. The van der Waals surface area contributed by atoms with Gasteiger partial charge in [-0.05, 0) is 75.2 Å². The first-order chi connectivity index (χ1) is 9.65. The lowest BCUT2D eigenvalue weighted by Gasteiger charge is -2.43. The van der Waals surface area contributed by atoms with Gasteiger partial charge in [-0.3, -0.25) is 0 Å². The van der Waals surface area contributed by atoms with Crippen LogP contribution in [0, 0.1) is 11.2 Å². The number of piperidine rings is 1. The molecule has 1 aliphatic carbocycles. The Kier molecular flexibility index (Phi) is 3.39. The van der Waals surface area contributed by atoms with Crippen LogP contribution >= 0.6 is 0 Å². The van der Waals surface area contributed by atoms with E-state index in [1.54, 1.807) is 17.4 Å². The topological polar surface area (TPSA) is 24.1 Å². The van der Waals surface area contributed by atoms with E-state index in [0.29, 0.717) is 11.5 Å². The van der Waals surface area contributed by atoms with Crippen LogP contribution in [0.3, 0.4) is 0 Å². The van der Waals surface area contributed by atoms with Gasteiger partial charge in [-0.2, -0.15) is 0 Å². The minimum Gasteiger partial charge on any atom is -0.382 e. The maximum atomic E-state index is 13.2. The molecule has 2 aliphatic rings. The second-order valence-corrected chi connectivity index (χ2v) is 6.10. The minimum absolute atomic E-state index is 0.176. The van der Waals surface area contributed by atoms with Gasteiger partial charge in [-0.15, -0.1) is 0 Å². The third-order valence-corrected chi connectivity index (χ3v) is 4.84. The third-order valence-electron chi connectivity index (χ3n) is 4.84. The molecule has 1 heterocycles. The zero-order valence-electron chi connectivity index (χ0n) is 12.4. The summed E-state index contributed by atoms with van der Waals surface area (Å²) in [5.74, 6) is -0.176. The summed E-state index contributed by atoms with van der Waals surface area (Å²) in [6.45, 7) is 1.84. The Morgan fingerprint density at radius 1 is 1.21 bits per heavy atom. The van der Waals surface area contributed by atoms with Crippen LogP contribution in [-0.4, -0.2) is 19.1 Å². The molecule has 3 rings (SSSR count). The van der Waals surface area contributed by atoms with Crippen LogP contribution in [0.4, 0.5) is 10.1 Å². The summed E-state index contributed by atoms with van der Waals surface area (Å²) in [6, 6.07) is 7.22. The summed E-state index contributed by atoms with van der Waals surface area (Å²) in [6.07, 6.45) is 7.15. The molecule has 0 unspecified atom stereocenters. The quantitative estimate of drug-likeness (QED) is 0.852. The zero-order valence-corrected chi connectivity index (χ0v) is 11.4. The first-order valence-electron chi connectivity index (χ1n) is 7.86. The molecule has 2 fully saturated rings. The van der Waals surface area contributed by atoms with E-state index in [2.05, 4.69) is 5.32 Å². The number of hydrogen-bond donors (Lipinski definition) is 2. The van der Waals surface area contributed by atoms with Gasteiger partial charge in [0.05, 0.1) is 0 Å². The highest BCUT2D eigenvalue weighted by Gasteiger charge is 2.35. The summed E-state index contributed by atoms with van der Waals surface area (Å²) < 4.78 is 20.8. The fraction of sp³-hybridized carbons (Fsp3) is 0.625.